The predicted octanol–water partition coefficient (Wildman–Crippen LogP) is -18.5. The maximum atomic E-state index is 9.98. The van der Waals surface area contributed by atoms with Crippen molar-refractivity contribution in [2.45, 2.75) is 221 Å². The lowest BCUT2D eigenvalue weighted by atomic mass is 9.79. The molecule has 87 heavy (non-hydrogen) atoms. The van der Waals surface area contributed by atoms with E-state index in [4.69, 9.17) is 42.6 Å². The molecule has 38 heteroatoms. The first-order chi connectivity index (χ1) is 40.8. The van der Waals surface area contributed by atoms with Crippen LogP contribution in [0.5, 0.6) is 0 Å². The van der Waals surface area contributed by atoms with Gasteiger partial charge in [0.1, 0.15) is 201 Å². The molecule has 6 rings (SSSR count). The zero-order valence-corrected chi connectivity index (χ0v) is 46.9. The SMILES string of the molecule is C[C@@H]1[C@@H](O)[C@H](O)[C@@H](O)[C@H](O)[C@@H]1OCCOCCOC1[C@@H](O)[C@H](O)C(O)[C@H](O)[C@H]1O.OC1[C@@H](O)[C@H](O)C(OCCOCCOC2[C@@H](O)[C@H](O)C(O)[C@H](O)[C@H]2O)[C@H](O)[C@H]1O.OC1[C@@H](O)[C@H](O)C(OCCOCCOC2[C@@H](O)[C@H](O)C(O)[C@H](O)[C@H]2O)[C@H](O)[C@H]1O. The van der Waals surface area contributed by atoms with Crippen LogP contribution < -0.4 is 0 Å². The van der Waals surface area contributed by atoms with Crippen LogP contribution in [0.2, 0.25) is 0 Å². The third kappa shape index (κ3) is 19.3. The van der Waals surface area contributed by atoms with Gasteiger partial charge in [-0.25, -0.2) is 0 Å². The highest BCUT2D eigenvalue weighted by molar-refractivity contribution is 5.04. The molecule has 6 aliphatic carbocycles. The first kappa shape index (κ1) is 77.9. The van der Waals surface area contributed by atoms with E-state index in [1.165, 1.54) is 0 Å². The van der Waals surface area contributed by atoms with Crippen molar-refractivity contribution in [3.05, 3.63) is 0 Å². The summed E-state index contributed by atoms with van der Waals surface area (Å²) in [5, 5.41) is 281. The van der Waals surface area contributed by atoms with Crippen LogP contribution in [0.3, 0.4) is 0 Å². The van der Waals surface area contributed by atoms with Crippen LogP contribution in [0, 0.1) is 5.92 Å². The van der Waals surface area contributed by atoms with E-state index in [0.29, 0.717) is 0 Å². The van der Waals surface area contributed by atoms with Crippen LogP contribution in [0.15, 0.2) is 0 Å². The Labute approximate surface area is 495 Å². The Morgan fingerprint density at radius 3 is 0.425 bits per heavy atom. The van der Waals surface area contributed by atoms with Crippen molar-refractivity contribution >= 4 is 0 Å². The van der Waals surface area contributed by atoms with E-state index in [2.05, 4.69) is 0 Å². The lowest BCUT2D eigenvalue weighted by molar-refractivity contribution is -0.240. The van der Waals surface area contributed by atoms with Crippen LogP contribution in [-0.2, 0) is 42.6 Å². The first-order valence-corrected chi connectivity index (χ1v) is 27.9. The summed E-state index contributed by atoms with van der Waals surface area (Å²) >= 11 is 0. The van der Waals surface area contributed by atoms with E-state index in [1.54, 1.807) is 6.92 Å². The quantitative estimate of drug-likeness (QED) is 0.0399. The largest absolute Gasteiger partial charge is 0.390 e. The lowest BCUT2D eigenvalue weighted by Gasteiger charge is -2.42. The van der Waals surface area contributed by atoms with Crippen LogP contribution >= 0.6 is 0 Å². The maximum absolute atomic E-state index is 9.98. The standard InChI is InChI=1S/C17H32O12.2C16H30O13/c1-6-7(18)8(19)10(21)13(24)16(6)28-4-2-27-3-5-29-17-14(25)11(22)9(20)12(23)15(17)26;2*17-5-7(19)11(23)15(12(24)8(5)20)28-3-1-27-2-4-29-16-13(25)9(21)6(18)10(22)14(16)26/h6-26H,2-5H2,1H3;2*5-26H,1-4H2/t6-,7-,8+,9?,10-,11-,12+,13+,14+,15-,16-,17?;2*5?,6?,7-,8+,9-,10+,11+,12-,13+,14-,15?,16?/m1../s1. The summed E-state index contributed by atoms with van der Waals surface area (Å²) in [6.07, 6.45) is -54.7. The number of aliphatic hydroxyl groups excluding tert-OH is 29. The van der Waals surface area contributed by atoms with E-state index in [-0.39, 0.29) is 79.3 Å². The molecule has 0 amide bonds. The van der Waals surface area contributed by atoms with E-state index < -0.39 is 220 Å². The van der Waals surface area contributed by atoms with Gasteiger partial charge in [-0.05, 0) is 0 Å². The van der Waals surface area contributed by atoms with E-state index in [1.807, 2.05) is 0 Å². The molecule has 6 aliphatic rings. The van der Waals surface area contributed by atoms with Crippen molar-refractivity contribution in [3.63, 3.8) is 0 Å². The Morgan fingerprint density at radius 2 is 0.264 bits per heavy atom. The minimum Gasteiger partial charge on any atom is -0.390 e. The highest BCUT2D eigenvalue weighted by Gasteiger charge is 2.54. The molecule has 6 fully saturated rings. The smallest absolute Gasteiger partial charge is 0.115 e. The average molecular weight is 1290 g/mol. The number of rotatable bonds is 24. The van der Waals surface area contributed by atoms with Crippen molar-refractivity contribution in [2.24, 2.45) is 5.92 Å². The molecule has 0 aromatic heterocycles. The van der Waals surface area contributed by atoms with Gasteiger partial charge in [-0.15, -0.1) is 0 Å². The normalized spacial score (nSPS) is 48.6. The monoisotopic (exact) mass is 1290 g/mol. The fourth-order valence-corrected chi connectivity index (χ4v) is 10.4. The lowest BCUT2D eigenvalue weighted by Crippen LogP contribution is -2.64. The second-order valence-electron chi connectivity index (χ2n) is 21.9. The molecule has 38 nitrogen and oxygen atoms in total. The van der Waals surface area contributed by atoms with Crippen LogP contribution in [0.4, 0.5) is 0 Å². The van der Waals surface area contributed by atoms with Gasteiger partial charge in [-0.3, -0.25) is 0 Å². The molecule has 516 valence electrons. The second kappa shape index (κ2) is 36.2. The Kier molecular flexibility index (Phi) is 32.4. The number of hydrogen-bond acceptors (Lipinski definition) is 38. The van der Waals surface area contributed by atoms with Crippen LogP contribution in [0.1, 0.15) is 6.92 Å². The van der Waals surface area contributed by atoms with Crippen molar-refractivity contribution < 1.29 is 191 Å². The van der Waals surface area contributed by atoms with Crippen molar-refractivity contribution in [1.29, 1.82) is 0 Å². The second-order valence-corrected chi connectivity index (χ2v) is 21.9. The fraction of sp³-hybridized carbons (Fsp3) is 1.00. The first-order valence-electron chi connectivity index (χ1n) is 27.9. The van der Waals surface area contributed by atoms with Crippen molar-refractivity contribution in [3.8, 4) is 0 Å². The van der Waals surface area contributed by atoms with Gasteiger partial charge in [-0.2, -0.15) is 0 Å². The molecule has 0 aliphatic heterocycles. The molecule has 0 aromatic rings. The number of aliphatic hydroxyl groups is 29. The van der Waals surface area contributed by atoms with Gasteiger partial charge < -0.3 is 191 Å². The minimum atomic E-state index is -1.71. The van der Waals surface area contributed by atoms with Crippen molar-refractivity contribution in [2.75, 3.05) is 79.3 Å². The Morgan fingerprint density at radius 1 is 0.149 bits per heavy atom. The molecule has 36 atom stereocenters. The van der Waals surface area contributed by atoms with E-state index in [9.17, 15) is 148 Å². The van der Waals surface area contributed by atoms with Gasteiger partial charge in [0.05, 0.1) is 91.5 Å². The fourth-order valence-electron chi connectivity index (χ4n) is 10.4. The topological polar surface area (TPSA) is 670 Å². The maximum Gasteiger partial charge on any atom is 0.115 e. The van der Waals surface area contributed by atoms with Gasteiger partial charge in [-0.1, -0.05) is 6.92 Å². The molecule has 0 aromatic carbocycles. The third-order valence-electron chi connectivity index (χ3n) is 16.0. The van der Waals surface area contributed by atoms with Crippen LogP contribution in [-0.4, -0.2) is 441 Å². The molecule has 6 saturated carbocycles. The molecule has 0 spiro atoms. The molecule has 29 N–H and O–H groups in total. The summed E-state index contributed by atoms with van der Waals surface area (Å²) in [6.45, 7) is 0.791. The van der Waals surface area contributed by atoms with Gasteiger partial charge >= 0.3 is 0 Å². The molecule has 0 heterocycles. The van der Waals surface area contributed by atoms with Crippen molar-refractivity contribution in [1.82, 2.24) is 0 Å². The predicted molar refractivity (Wildman–Crippen MR) is 274 cm³/mol. The number of ether oxygens (including phenoxy) is 9. The molecule has 0 saturated heterocycles. The molecule has 0 radical (unpaired) electrons. The number of hydrogen-bond donors (Lipinski definition) is 29. The van der Waals surface area contributed by atoms with E-state index in [0.717, 1.165) is 0 Å². The zero-order chi connectivity index (χ0) is 65.6. The highest BCUT2D eigenvalue weighted by atomic mass is 16.6. The van der Waals surface area contributed by atoms with E-state index >= 15 is 0 Å². The summed E-state index contributed by atoms with van der Waals surface area (Å²) < 4.78 is 47.1. The Hall–Kier alpha value is -1.52. The third-order valence-corrected chi connectivity index (χ3v) is 16.0. The molecule has 0 bridgehead atoms. The average Bonchev–Trinajstić information content (AvgIpc) is 1.72. The van der Waals surface area contributed by atoms with Crippen LogP contribution in [0.25, 0.3) is 0 Å². The van der Waals surface area contributed by atoms with Gasteiger partial charge in [0.15, 0.2) is 0 Å². The summed E-state index contributed by atoms with van der Waals surface area (Å²) in [5.41, 5.74) is 0. The Bertz CT molecular complexity index is 1470. The molecule has 10 unspecified atom stereocenters. The molecular weight excluding hydrogens is 1200 g/mol. The summed E-state index contributed by atoms with van der Waals surface area (Å²) in [5.74, 6) is -0.616. The van der Waals surface area contributed by atoms with Gasteiger partial charge in [0.25, 0.3) is 0 Å². The summed E-state index contributed by atoms with van der Waals surface area (Å²) in [7, 11) is 0. The Balaban J connectivity index is 0.000000279. The molecular formula is C49H92O38. The summed E-state index contributed by atoms with van der Waals surface area (Å²) in [6, 6.07) is 0. The van der Waals surface area contributed by atoms with Gasteiger partial charge in [0, 0.05) is 5.92 Å². The highest BCUT2D eigenvalue weighted by Crippen LogP contribution is 2.31. The zero-order valence-electron chi connectivity index (χ0n) is 46.9. The van der Waals surface area contributed by atoms with Gasteiger partial charge in [0.2, 0.25) is 0 Å². The summed E-state index contributed by atoms with van der Waals surface area (Å²) in [4.78, 5) is 0. The minimum absolute atomic E-state index is 0.0138.